The smallest absolute Gasteiger partial charge is 0.317 e. The first-order chi connectivity index (χ1) is 9.65. The van der Waals surface area contributed by atoms with Crippen LogP contribution in [0.25, 0.3) is 0 Å². The number of hydrogen-bond donors (Lipinski definition) is 1. The maximum atomic E-state index is 11.2. The highest BCUT2D eigenvalue weighted by Crippen LogP contribution is 2.40. The lowest BCUT2D eigenvalue weighted by molar-refractivity contribution is -0.139. The van der Waals surface area contributed by atoms with Crippen LogP contribution in [-0.4, -0.2) is 28.6 Å². The standard InChI is InChI=1S/C16H20BrNO2/c17-12-6-7-14-11(9-12)5-8-15(14)18(10-16(19)20)13-3-1-2-4-13/h6-7,9,13,15H,1-5,8,10H2,(H,19,20). The van der Waals surface area contributed by atoms with Gasteiger partial charge in [-0.1, -0.05) is 34.8 Å². The number of halogens is 1. The van der Waals surface area contributed by atoms with E-state index in [4.69, 9.17) is 0 Å². The molecule has 1 saturated carbocycles. The van der Waals surface area contributed by atoms with E-state index in [1.165, 1.54) is 24.0 Å². The molecule has 20 heavy (non-hydrogen) atoms. The predicted molar refractivity (Wildman–Crippen MR) is 81.8 cm³/mol. The number of rotatable bonds is 4. The number of carboxylic acids is 1. The number of benzene rings is 1. The fourth-order valence-electron chi connectivity index (χ4n) is 3.79. The largest absolute Gasteiger partial charge is 0.480 e. The Labute approximate surface area is 128 Å². The first-order valence-electron chi connectivity index (χ1n) is 7.41. The molecule has 1 atom stereocenters. The lowest BCUT2D eigenvalue weighted by atomic mass is 10.0. The summed E-state index contributed by atoms with van der Waals surface area (Å²) in [6.45, 7) is 0.171. The highest BCUT2D eigenvalue weighted by atomic mass is 79.9. The molecule has 0 bridgehead atoms. The molecule has 1 aromatic rings. The van der Waals surface area contributed by atoms with Crippen molar-refractivity contribution in [1.29, 1.82) is 0 Å². The fourth-order valence-corrected chi connectivity index (χ4v) is 4.20. The summed E-state index contributed by atoms with van der Waals surface area (Å²) in [5, 5.41) is 9.25. The van der Waals surface area contributed by atoms with Crippen molar-refractivity contribution >= 4 is 21.9 Å². The van der Waals surface area contributed by atoms with Crippen LogP contribution >= 0.6 is 15.9 Å². The van der Waals surface area contributed by atoms with Gasteiger partial charge in [-0.25, -0.2) is 0 Å². The number of carboxylic acid groups (broad SMARTS) is 1. The summed E-state index contributed by atoms with van der Waals surface area (Å²) in [4.78, 5) is 13.5. The number of aliphatic carboxylic acids is 1. The van der Waals surface area contributed by atoms with E-state index in [9.17, 15) is 9.90 Å². The van der Waals surface area contributed by atoms with Crippen LogP contribution in [0.3, 0.4) is 0 Å². The molecule has 0 saturated heterocycles. The van der Waals surface area contributed by atoms with Gasteiger partial charge in [-0.3, -0.25) is 9.69 Å². The van der Waals surface area contributed by atoms with Crippen molar-refractivity contribution in [3.63, 3.8) is 0 Å². The average Bonchev–Trinajstić information content (AvgIpc) is 3.04. The minimum atomic E-state index is -0.706. The molecule has 4 heteroatoms. The summed E-state index contributed by atoms with van der Waals surface area (Å²) in [5.41, 5.74) is 2.71. The minimum absolute atomic E-state index is 0.171. The second-order valence-electron chi connectivity index (χ2n) is 5.90. The monoisotopic (exact) mass is 337 g/mol. The van der Waals surface area contributed by atoms with Crippen LogP contribution in [0.15, 0.2) is 22.7 Å². The number of fused-ring (bicyclic) bond motifs is 1. The van der Waals surface area contributed by atoms with Crippen LogP contribution in [0.5, 0.6) is 0 Å². The summed E-state index contributed by atoms with van der Waals surface area (Å²) in [7, 11) is 0. The molecule has 0 aromatic heterocycles. The van der Waals surface area contributed by atoms with Crippen molar-refractivity contribution in [2.75, 3.05) is 6.54 Å². The molecule has 0 aliphatic heterocycles. The first-order valence-corrected chi connectivity index (χ1v) is 8.20. The Kier molecular flexibility index (Phi) is 4.13. The Morgan fingerprint density at radius 3 is 2.75 bits per heavy atom. The average molecular weight is 338 g/mol. The molecule has 0 heterocycles. The van der Waals surface area contributed by atoms with Crippen molar-refractivity contribution in [3.05, 3.63) is 33.8 Å². The van der Waals surface area contributed by atoms with Gasteiger partial charge in [-0.05, 0) is 48.9 Å². The topological polar surface area (TPSA) is 40.5 Å². The molecule has 1 aromatic carbocycles. The van der Waals surface area contributed by atoms with E-state index < -0.39 is 5.97 Å². The Morgan fingerprint density at radius 2 is 2.05 bits per heavy atom. The van der Waals surface area contributed by atoms with Gasteiger partial charge in [-0.2, -0.15) is 0 Å². The molecular formula is C16H20BrNO2. The van der Waals surface area contributed by atoms with Crippen molar-refractivity contribution in [1.82, 2.24) is 4.90 Å². The van der Waals surface area contributed by atoms with Crippen molar-refractivity contribution in [2.24, 2.45) is 0 Å². The molecule has 0 radical (unpaired) electrons. The Bertz CT molecular complexity index is 511. The fraction of sp³-hybridized carbons (Fsp3) is 0.562. The maximum absolute atomic E-state index is 11.2. The first kappa shape index (κ1) is 14.1. The third-order valence-electron chi connectivity index (χ3n) is 4.66. The van der Waals surface area contributed by atoms with Gasteiger partial charge in [0.05, 0.1) is 6.54 Å². The zero-order valence-corrected chi connectivity index (χ0v) is 13.1. The summed E-state index contributed by atoms with van der Waals surface area (Å²) in [6, 6.07) is 7.16. The van der Waals surface area contributed by atoms with E-state index in [-0.39, 0.29) is 12.6 Å². The quantitative estimate of drug-likeness (QED) is 0.909. The van der Waals surface area contributed by atoms with Gasteiger partial charge in [0, 0.05) is 16.6 Å². The van der Waals surface area contributed by atoms with Gasteiger partial charge in [0.1, 0.15) is 0 Å². The third-order valence-corrected chi connectivity index (χ3v) is 5.16. The molecule has 0 spiro atoms. The summed E-state index contributed by atoms with van der Waals surface area (Å²) in [6.07, 6.45) is 6.88. The number of aryl methyl sites for hydroxylation is 1. The molecule has 1 N–H and O–H groups in total. The molecular weight excluding hydrogens is 318 g/mol. The number of nitrogens with zero attached hydrogens (tertiary/aromatic N) is 1. The molecule has 2 aliphatic carbocycles. The number of hydrogen-bond acceptors (Lipinski definition) is 2. The highest BCUT2D eigenvalue weighted by molar-refractivity contribution is 9.10. The molecule has 2 aliphatic rings. The van der Waals surface area contributed by atoms with Crippen LogP contribution in [0.2, 0.25) is 0 Å². The van der Waals surface area contributed by atoms with Crippen molar-refractivity contribution in [2.45, 2.75) is 50.6 Å². The summed E-state index contributed by atoms with van der Waals surface area (Å²) < 4.78 is 1.11. The molecule has 1 unspecified atom stereocenters. The van der Waals surface area contributed by atoms with E-state index in [0.717, 1.165) is 30.2 Å². The van der Waals surface area contributed by atoms with Gasteiger partial charge >= 0.3 is 5.97 Å². The Morgan fingerprint density at radius 1 is 1.30 bits per heavy atom. The molecule has 0 amide bonds. The third kappa shape index (κ3) is 2.77. The van der Waals surface area contributed by atoms with Gasteiger partial charge in [0.2, 0.25) is 0 Å². The minimum Gasteiger partial charge on any atom is -0.480 e. The second-order valence-corrected chi connectivity index (χ2v) is 6.82. The molecule has 108 valence electrons. The lowest BCUT2D eigenvalue weighted by Gasteiger charge is -2.33. The summed E-state index contributed by atoms with van der Waals surface area (Å²) in [5.74, 6) is -0.706. The Balaban J connectivity index is 1.87. The number of carbonyl (C=O) groups is 1. The summed E-state index contributed by atoms with van der Waals surface area (Å²) >= 11 is 3.52. The van der Waals surface area contributed by atoms with Crippen LogP contribution in [0, 0.1) is 0 Å². The molecule has 1 fully saturated rings. The van der Waals surface area contributed by atoms with E-state index >= 15 is 0 Å². The van der Waals surface area contributed by atoms with Crippen molar-refractivity contribution in [3.8, 4) is 0 Å². The lowest BCUT2D eigenvalue weighted by Crippen LogP contribution is -2.39. The predicted octanol–water partition coefficient (Wildman–Crippen LogP) is 3.77. The van der Waals surface area contributed by atoms with Crippen LogP contribution in [0.1, 0.15) is 49.3 Å². The van der Waals surface area contributed by atoms with Crippen LogP contribution in [0.4, 0.5) is 0 Å². The van der Waals surface area contributed by atoms with Gasteiger partial charge in [-0.15, -0.1) is 0 Å². The second kappa shape index (κ2) is 5.86. The van der Waals surface area contributed by atoms with Crippen molar-refractivity contribution < 1.29 is 9.90 Å². The van der Waals surface area contributed by atoms with Gasteiger partial charge in [0.15, 0.2) is 0 Å². The molecule has 3 nitrogen and oxygen atoms in total. The zero-order chi connectivity index (χ0) is 14.1. The van der Waals surface area contributed by atoms with E-state index in [0.29, 0.717) is 6.04 Å². The SMILES string of the molecule is O=C(O)CN(C1CCCC1)C1CCc2cc(Br)ccc21. The molecule has 3 rings (SSSR count). The van der Waals surface area contributed by atoms with E-state index in [2.05, 4.69) is 39.0 Å². The highest BCUT2D eigenvalue weighted by Gasteiger charge is 2.34. The Hall–Kier alpha value is -0.870. The van der Waals surface area contributed by atoms with Gasteiger partial charge < -0.3 is 5.11 Å². The van der Waals surface area contributed by atoms with Gasteiger partial charge in [0.25, 0.3) is 0 Å². The van der Waals surface area contributed by atoms with E-state index in [1.54, 1.807) is 0 Å². The maximum Gasteiger partial charge on any atom is 0.317 e. The van der Waals surface area contributed by atoms with E-state index in [1.807, 2.05) is 0 Å². The van der Waals surface area contributed by atoms with Crippen LogP contribution < -0.4 is 0 Å². The normalized spacial score (nSPS) is 22.4. The van der Waals surface area contributed by atoms with Crippen LogP contribution in [-0.2, 0) is 11.2 Å². The zero-order valence-electron chi connectivity index (χ0n) is 11.5.